The molecule has 3 N–H and O–H groups in total. The molecule has 0 aliphatic rings. The molecular weight excluding hydrogens is 492 g/mol. The van der Waals surface area contributed by atoms with Gasteiger partial charge < -0.3 is 30.2 Å². The van der Waals surface area contributed by atoms with E-state index in [1.807, 2.05) is 50.4 Å². The third kappa shape index (κ3) is 5.99. The Morgan fingerprint density at radius 3 is 2.70 bits per heavy atom. The van der Waals surface area contributed by atoms with E-state index < -0.39 is 0 Å². The fourth-order valence-electron chi connectivity index (χ4n) is 3.73. The van der Waals surface area contributed by atoms with E-state index in [0.717, 1.165) is 35.4 Å². The molecule has 0 aliphatic heterocycles. The quantitative estimate of drug-likeness (QED) is 0.261. The number of amides is 1. The Labute approximate surface area is 220 Å². The molecule has 1 amide bonds. The van der Waals surface area contributed by atoms with E-state index in [9.17, 15) is 4.79 Å². The number of methoxy groups -OCH3 is 1. The number of halogens is 1. The molecular formula is C26H29ClN8O2. The van der Waals surface area contributed by atoms with Crippen LogP contribution in [-0.2, 0) is 4.79 Å². The van der Waals surface area contributed by atoms with Gasteiger partial charge in [0.05, 0.1) is 41.1 Å². The molecule has 0 atom stereocenters. The van der Waals surface area contributed by atoms with Crippen molar-refractivity contribution < 1.29 is 9.53 Å². The van der Waals surface area contributed by atoms with Crippen molar-refractivity contribution in [3.63, 3.8) is 0 Å². The lowest BCUT2D eigenvalue weighted by Gasteiger charge is -2.26. The highest BCUT2D eigenvalue weighted by Gasteiger charge is 2.17. The van der Waals surface area contributed by atoms with Crippen molar-refractivity contribution in [2.75, 3.05) is 56.9 Å². The fraction of sp³-hybridized carbons (Fsp3) is 0.231. The molecule has 192 valence electrons. The first-order valence-corrected chi connectivity index (χ1v) is 11.9. The van der Waals surface area contributed by atoms with Crippen molar-refractivity contribution in [3.8, 4) is 17.0 Å². The highest BCUT2D eigenvalue weighted by molar-refractivity contribution is 6.33. The number of H-pyrrole nitrogens is 1. The van der Waals surface area contributed by atoms with E-state index in [4.69, 9.17) is 16.3 Å². The summed E-state index contributed by atoms with van der Waals surface area (Å²) in [7, 11) is 7.56. The van der Waals surface area contributed by atoms with Crippen molar-refractivity contribution in [1.82, 2.24) is 24.8 Å². The number of benzene rings is 1. The Balaban J connectivity index is 1.70. The fourth-order valence-corrected chi connectivity index (χ4v) is 3.93. The summed E-state index contributed by atoms with van der Waals surface area (Å²) in [5.41, 5.74) is 4.02. The molecule has 10 nitrogen and oxygen atoms in total. The highest BCUT2D eigenvalue weighted by Crippen LogP contribution is 2.38. The van der Waals surface area contributed by atoms with Crippen molar-refractivity contribution in [2.24, 2.45) is 0 Å². The molecule has 37 heavy (non-hydrogen) atoms. The number of aromatic amines is 1. The number of fused-ring (bicyclic) bond motifs is 1. The smallest absolute Gasteiger partial charge is 0.247 e. The van der Waals surface area contributed by atoms with Crippen LogP contribution in [0.4, 0.5) is 23.0 Å². The molecule has 3 heterocycles. The molecule has 11 heteroatoms. The molecule has 4 rings (SSSR count). The number of hydrogen-bond acceptors (Lipinski definition) is 8. The summed E-state index contributed by atoms with van der Waals surface area (Å²) in [6.45, 7) is 5.14. The second-order valence-electron chi connectivity index (χ2n) is 8.64. The van der Waals surface area contributed by atoms with Gasteiger partial charge in [0.2, 0.25) is 11.9 Å². The van der Waals surface area contributed by atoms with Crippen molar-refractivity contribution in [2.45, 2.75) is 0 Å². The maximum Gasteiger partial charge on any atom is 0.247 e. The molecule has 0 bridgehead atoms. The molecule has 0 spiro atoms. The van der Waals surface area contributed by atoms with Crippen LogP contribution < -0.4 is 20.3 Å². The zero-order valence-corrected chi connectivity index (χ0v) is 21.9. The van der Waals surface area contributed by atoms with Gasteiger partial charge in [-0.05, 0) is 38.4 Å². The predicted molar refractivity (Wildman–Crippen MR) is 149 cm³/mol. The number of pyridine rings is 1. The summed E-state index contributed by atoms with van der Waals surface area (Å²) in [5, 5.41) is 7.43. The van der Waals surface area contributed by atoms with Crippen LogP contribution in [0.3, 0.4) is 0 Å². The maximum atomic E-state index is 12.2. The minimum atomic E-state index is -0.323. The van der Waals surface area contributed by atoms with E-state index in [-0.39, 0.29) is 5.91 Å². The van der Waals surface area contributed by atoms with Crippen LogP contribution in [0.15, 0.2) is 55.5 Å². The van der Waals surface area contributed by atoms with E-state index in [1.165, 1.54) is 12.3 Å². The average Bonchev–Trinajstić information content (AvgIpc) is 3.36. The van der Waals surface area contributed by atoms with Gasteiger partial charge in [-0.1, -0.05) is 18.2 Å². The number of nitrogens with one attached hydrogen (secondary N) is 3. The lowest BCUT2D eigenvalue weighted by atomic mass is 10.1. The number of aromatic nitrogens is 4. The van der Waals surface area contributed by atoms with Crippen LogP contribution in [0.1, 0.15) is 0 Å². The Morgan fingerprint density at radius 2 is 1.97 bits per heavy atom. The zero-order valence-electron chi connectivity index (χ0n) is 21.2. The standard InChI is InChI=1S/C26H29ClN8O2/c1-6-23(36)31-19-12-20(22(37-5)13-21(19)35(4)10-9-34(2)3)32-26-30-15-18(27)24(33-26)17-11-16-7-8-28-25(16)29-14-17/h6-8,11-15H,1,9-10H2,2-5H3,(H,28,29)(H,31,36)(H,30,32,33). The SMILES string of the molecule is C=CC(=O)Nc1cc(Nc2ncc(Cl)c(-c3cnc4[nH]ccc4c3)n2)c(OC)cc1N(C)CCN(C)C. The van der Waals surface area contributed by atoms with Crippen molar-refractivity contribution in [1.29, 1.82) is 0 Å². The Bertz CT molecular complexity index is 1440. The number of ether oxygens (including phenoxy) is 1. The van der Waals surface area contributed by atoms with E-state index in [1.54, 1.807) is 19.4 Å². The normalized spacial score (nSPS) is 11.0. The number of carbonyl (C=O) groups is 1. The molecule has 4 aromatic rings. The van der Waals surface area contributed by atoms with Crippen LogP contribution in [0.5, 0.6) is 5.75 Å². The number of anilines is 4. The summed E-state index contributed by atoms with van der Waals surface area (Å²) in [4.78, 5) is 32.8. The van der Waals surface area contributed by atoms with Crippen LogP contribution in [-0.4, -0.2) is 72.1 Å². The number of nitrogens with zero attached hydrogens (tertiary/aromatic N) is 5. The van der Waals surface area contributed by atoms with E-state index in [2.05, 4.69) is 42.0 Å². The second kappa shape index (κ2) is 11.3. The largest absolute Gasteiger partial charge is 0.494 e. The van der Waals surface area contributed by atoms with Gasteiger partial charge in [-0.25, -0.2) is 15.0 Å². The number of rotatable bonds is 10. The van der Waals surface area contributed by atoms with Crippen LogP contribution in [0.25, 0.3) is 22.3 Å². The molecule has 3 aromatic heterocycles. The van der Waals surface area contributed by atoms with Gasteiger partial charge in [0.15, 0.2) is 0 Å². The topological polar surface area (TPSA) is 111 Å². The minimum absolute atomic E-state index is 0.307. The highest BCUT2D eigenvalue weighted by atomic mass is 35.5. The maximum absolute atomic E-state index is 12.2. The molecule has 0 saturated carbocycles. The van der Waals surface area contributed by atoms with Gasteiger partial charge in [0.1, 0.15) is 11.4 Å². The monoisotopic (exact) mass is 520 g/mol. The summed E-state index contributed by atoms with van der Waals surface area (Å²) >= 11 is 6.44. The van der Waals surface area contributed by atoms with Crippen LogP contribution in [0, 0.1) is 0 Å². The van der Waals surface area contributed by atoms with Crippen molar-refractivity contribution >= 4 is 51.6 Å². The summed E-state index contributed by atoms with van der Waals surface area (Å²) in [5.74, 6) is 0.538. The summed E-state index contributed by atoms with van der Waals surface area (Å²) in [6, 6.07) is 7.53. The van der Waals surface area contributed by atoms with Crippen molar-refractivity contribution in [3.05, 3.63) is 60.5 Å². The number of carbonyl (C=O) groups excluding carboxylic acids is 1. The zero-order chi connectivity index (χ0) is 26.5. The second-order valence-corrected chi connectivity index (χ2v) is 9.05. The molecule has 0 saturated heterocycles. The van der Waals surface area contributed by atoms with Crippen LogP contribution >= 0.6 is 11.6 Å². The summed E-state index contributed by atoms with van der Waals surface area (Å²) < 4.78 is 5.67. The van der Waals surface area contributed by atoms with Gasteiger partial charge in [0.25, 0.3) is 0 Å². The third-order valence-corrected chi connectivity index (χ3v) is 6.00. The molecule has 0 aliphatic carbocycles. The Hall–Kier alpha value is -4.15. The summed E-state index contributed by atoms with van der Waals surface area (Å²) in [6.07, 6.45) is 6.29. The van der Waals surface area contributed by atoms with Gasteiger partial charge in [-0.3, -0.25) is 4.79 Å². The van der Waals surface area contributed by atoms with Gasteiger partial charge in [-0.15, -0.1) is 0 Å². The van der Waals surface area contributed by atoms with Gasteiger partial charge in [-0.2, -0.15) is 0 Å². The first kappa shape index (κ1) is 25.9. The minimum Gasteiger partial charge on any atom is -0.494 e. The molecule has 0 radical (unpaired) electrons. The van der Waals surface area contributed by atoms with Crippen LogP contribution in [0.2, 0.25) is 5.02 Å². The third-order valence-electron chi connectivity index (χ3n) is 5.72. The average molecular weight is 521 g/mol. The predicted octanol–water partition coefficient (Wildman–Crippen LogP) is 4.55. The van der Waals surface area contributed by atoms with Gasteiger partial charge >= 0.3 is 0 Å². The molecule has 0 fully saturated rings. The Morgan fingerprint density at radius 1 is 1.16 bits per heavy atom. The Kier molecular flexibility index (Phi) is 7.90. The van der Waals surface area contributed by atoms with E-state index >= 15 is 0 Å². The number of likely N-dealkylation sites (N-methyl/N-ethyl adjacent to an activating group) is 2. The van der Waals surface area contributed by atoms with Gasteiger partial charge in [0, 0.05) is 49.5 Å². The number of hydrogen-bond donors (Lipinski definition) is 3. The van der Waals surface area contributed by atoms with E-state index in [0.29, 0.717) is 33.8 Å². The lowest BCUT2D eigenvalue weighted by Crippen LogP contribution is -2.29. The first-order valence-electron chi connectivity index (χ1n) is 11.5. The lowest BCUT2D eigenvalue weighted by molar-refractivity contribution is -0.111. The molecule has 1 aromatic carbocycles. The molecule has 0 unspecified atom stereocenters. The first-order chi connectivity index (χ1) is 17.8.